The second-order valence-electron chi connectivity index (χ2n) is 14.2. The van der Waals surface area contributed by atoms with Crippen LogP contribution in [0.15, 0.2) is 36.4 Å². The van der Waals surface area contributed by atoms with Crippen LogP contribution < -0.4 is 0 Å². The SMILES string of the molecule is CC1[N+](c2cc(C(C)(C)C)ccc2C(C)(C)C)=CC=[N+]1c1cc(C(C)(C)C)ccc1C(C)(C)C. The van der Waals surface area contributed by atoms with E-state index in [1.807, 2.05) is 0 Å². The van der Waals surface area contributed by atoms with Gasteiger partial charge in [0.25, 0.3) is 0 Å². The predicted octanol–water partition coefficient (Wildman–Crippen LogP) is 8.37. The Kier molecular flexibility index (Phi) is 6.57. The molecule has 2 nitrogen and oxygen atoms in total. The first kappa shape index (κ1) is 26.4. The van der Waals surface area contributed by atoms with Gasteiger partial charge >= 0.3 is 6.17 Å². The third-order valence-corrected chi connectivity index (χ3v) is 7.09. The van der Waals surface area contributed by atoms with Crippen molar-refractivity contribution in [1.82, 2.24) is 0 Å². The van der Waals surface area contributed by atoms with E-state index in [1.165, 1.54) is 33.6 Å². The molecule has 34 heavy (non-hydrogen) atoms. The normalized spacial score (nSPS) is 16.0. The fourth-order valence-electron chi connectivity index (χ4n) is 4.78. The van der Waals surface area contributed by atoms with E-state index in [0.717, 1.165) is 0 Å². The Morgan fingerprint density at radius 1 is 0.500 bits per heavy atom. The van der Waals surface area contributed by atoms with Crippen molar-refractivity contribution < 1.29 is 9.15 Å². The molecule has 2 aromatic carbocycles. The van der Waals surface area contributed by atoms with Crippen molar-refractivity contribution in [3.8, 4) is 0 Å². The van der Waals surface area contributed by atoms with Gasteiger partial charge in [-0.3, -0.25) is 0 Å². The van der Waals surface area contributed by atoms with Gasteiger partial charge < -0.3 is 0 Å². The van der Waals surface area contributed by atoms with E-state index < -0.39 is 0 Å². The Bertz CT molecular complexity index is 1040. The second-order valence-corrected chi connectivity index (χ2v) is 14.2. The fourth-order valence-corrected chi connectivity index (χ4v) is 4.78. The van der Waals surface area contributed by atoms with Crippen LogP contribution in [-0.4, -0.2) is 27.7 Å². The van der Waals surface area contributed by atoms with Crippen molar-refractivity contribution in [2.24, 2.45) is 0 Å². The van der Waals surface area contributed by atoms with Crippen LogP contribution in [0.25, 0.3) is 0 Å². The van der Waals surface area contributed by atoms with E-state index in [-0.39, 0.29) is 27.8 Å². The first-order valence-corrected chi connectivity index (χ1v) is 12.9. The molecule has 2 heteroatoms. The number of rotatable bonds is 2. The summed E-state index contributed by atoms with van der Waals surface area (Å²) in [6.07, 6.45) is 4.74. The largest absolute Gasteiger partial charge is 0.350 e. The molecule has 1 heterocycles. The summed E-state index contributed by atoms with van der Waals surface area (Å²) >= 11 is 0. The third-order valence-electron chi connectivity index (χ3n) is 7.09. The van der Waals surface area contributed by atoms with Crippen LogP contribution in [0.2, 0.25) is 0 Å². The average molecular weight is 461 g/mol. The van der Waals surface area contributed by atoms with Crippen LogP contribution in [0.1, 0.15) is 112 Å². The highest BCUT2D eigenvalue weighted by atomic mass is 15.3. The fraction of sp³-hybridized carbons (Fsp3) is 0.562. The van der Waals surface area contributed by atoms with Gasteiger partial charge in [-0.15, -0.1) is 9.15 Å². The summed E-state index contributed by atoms with van der Waals surface area (Å²) in [5.74, 6) is 0. The molecule has 0 atom stereocenters. The zero-order valence-corrected chi connectivity index (χ0v) is 24.1. The van der Waals surface area contributed by atoms with Gasteiger partial charge in [-0.25, -0.2) is 0 Å². The van der Waals surface area contributed by atoms with Crippen molar-refractivity contribution in [2.45, 2.75) is 118 Å². The van der Waals surface area contributed by atoms with Crippen molar-refractivity contribution in [3.05, 3.63) is 58.7 Å². The molecular formula is C32H48N2+2. The summed E-state index contributed by atoms with van der Waals surface area (Å²) in [5, 5.41) is 0. The molecule has 184 valence electrons. The zero-order chi connectivity index (χ0) is 25.9. The van der Waals surface area contributed by atoms with E-state index in [0.29, 0.717) is 0 Å². The summed E-state index contributed by atoms with van der Waals surface area (Å²) in [6.45, 7) is 30.0. The Morgan fingerprint density at radius 3 is 1.09 bits per heavy atom. The van der Waals surface area contributed by atoms with Crippen LogP contribution in [0.4, 0.5) is 11.4 Å². The van der Waals surface area contributed by atoms with Crippen molar-refractivity contribution in [2.75, 3.05) is 0 Å². The first-order chi connectivity index (χ1) is 15.3. The molecule has 0 spiro atoms. The van der Waals surface area contributed by atoms with E-state index in [2.05, 4.69) is 148 Å². The van der Waals surface area contributed by atoms with Crippen LogP contribution in [0, 0.1) is 0 Å². The van der Waals surface area contributed by atoms with E-state index >= 15 is 0 Å². The molecule has 0 saturated carbocycles. The smallest absolute Gasteiger partial charge is 0.131 e. The topological polar surface area (TPSA) is 6.02 Å². The van der Waals surface area contributed by atoms with Gasteiger partial charge in [0.1, 0.15) is 0 Å². The molecule has 2 aromatic rings. The number of hydrogen-bond acceptors (Lipinski definition) is 0. The molecule has 1 aliphatic rings. The van der Waals surface area contributed by atoms with E-state index in [9.17, 15) is 0 Å². The van der Waals surface area contributed by atoms with Crippen molar-refractivity contribution in [3.63, 3.8) is 0 Å². The standard InChI is InChI=1S/C32H48N2/c1-22-33(27-20-23(29(2,3)4)14-16-25(27)31(8,9)10)18-19-34(22)28-21-24(30(5,6)7)15-17-26(28)32(11,12)13/h14-22H,1-13H3/q+2. The first-order valence-electron chi connectivity index (χ1n) is 12.9. The van der Waals surface area contributed by atoms with E-state index in [4.69, 9.17) is 0 Å². The summed E-state index contributed by atoms with van der Waals surface area (Å²) in [6, 6.07) is 14.2. The number of nitrogens with zero attached hydrogens (tertiary/aromatic N) is 2. The molecular weight excluding hydrogens is 412 g/mol. The highest BCUT2D eigenvalue weighted by Gasteiger charge is 2.40. The van der Waals surface area contributed by atoms with Gasteiger partial charge in [0.2, 0.25) is 23.8 Å². The molecule has 0 fully saturated rings. The van der Waals surface area contributed by atoms with Gasteiger partial charge in [0.05, 0.1) is 6.92 Å². The van der Waals surface area contributed by atoms with Gasteiger partial charge in [0, 0.05) is 23.3 Å². The quantitative estimate of drug-likeness (QED) is 0.397. The zero-order valence-electron chi connectivity index (χ0n) is 24.1. The molecule has 0 radical (unpaired) electrons. The van der Waals surface area contributed by atoms with Crippen LogP contribution in [0.5, 0.6) is 0 Å². The average Bonchev–Trinajstić information content (AvgIpc) is 3.05. The maximum absolute atomic E-state index is 2.46. The summed E-state index contributed by atoms with van der Waals surface area (Å²) < 4.78 is 4.93. The van der Waals surface area contributed by atoms with Gasteiger partial charge in [-0.2, -0.15) is 0 Å². The predicted molar refractivity (Wildman–Crippen MR) is 149 cm³/mol. The van der Waals surface area contributed by atoms with Crippen molar-refractivity contribution >= 4 is 23.8 Å². The summed E-state index contributed by atoms with van der Waals surface area (Å²) in [5.41, 5.74) is 8.50. The molecule has 0 amide bonds. The lowest BCUT2D eigenvalue weighted by atomic mass is 9.80. The Morgan fingerprint density at radius 2 is 0.824 bits per heavy atom. The highest BCUT2D eigenvalue weighted by molar-refractivity contribution is 6.12. The molecule has 1 aliphatic heterocycles. The molecule has 0 aliphatic carbocycles. The van der Waals surface area contributed by atoms with Gasteiger partial charge in [-0.1, -0.05) is 107 Å². The Hall–Kier alpha value is -2.22. The van der Waals surface area contributed by atoms with Crippen LogP contribution in [0.3, 0.4) is 0 Å². The lowest BCUT2D eigenvalue weighted by Gasteiger charge is -2.26. The Labute approximate surface area is 209 Å². The summed E-state index contributed by atoms with van der Waals surface area (Å²) in [7, 11) is 0. The molecule has 0 aromatic heterocycles. The lowest BCUT2D eigenvalue weighted by Crippen LogP contribution is -2.29. The minimum absolute atomic E-state index is 0.0649. The maximum atomic E-state index is 2.46. The number of benzene rings is 2. The monoisotopic (exact) mass is 460 g/mol. The molecule has 0 saturated heterocycles. The van der Waals surface area contributed by atoms with Crippen LogP contribution in [-0.2, 0) is 21.7 Å². The summed E-state index contributed by atoms with van der Waals surface area (Å²) in [4.78, 5) is 0. The minimum Gasteiger partial charge on any atom is -0.131 e. The van der Waals surface area contributed by atoms with Gasteiger partial charge in [0.15, 0.2) is 0 Å². The van der Waals surface area contributed by atoms with Crippen LogP contribution >= 0.6 is 0 Å². The minimum atomic E-state index is 0.0649. The Balaban J connectivity index is 2.15. The third kappa shape index (κ3) is 5.21. The molecule has 3 rings (SSSR count). The highest BCUT2D eigenvalue weighted by Crippen LogP contribution is 2.39. The number of hydrogen-bond donors (Lipinski definition) is 0. The van der Waals surface area contributed by atoms with E-state index in [1.54, 1.807) is 0 Å². The second kappa shape index (κ2) is 8.47. The molecule has 0 unspecified atom stereocenters. The maximum Gasteiger partial charge on any atom is 0.350 e. The van der Waals surface area contributed by atoms with Crippen molar-refractivity contribution in [1.29, 1.82) is 0 Å². The van der Waals surface area contributed by atoms with Gasteiger partial charge in [-0.05, 0) is 32.8 Å². The molecule has 0 bridgehead atoms. The molecule has 0 N–H and O–H groups in total. The lowest BCUT2D eigenvalue weighted by molar-refractivity contribution is -0.685.